The fraction of sp³-hybridized carbons (Fsp3) is 0.125. The van der Waals surface area contributed by atoms with Crippen molar-refractivity contribution < 1.29 is 9.90 Å². The zero-order valence-electron chi connectivity index (χ0n) is 6.52. The van der Waals surface area contributed by atoms with Crippen LogP contribution in [0.5, 0.6) is 0 Å². The molecule has 1 atom stereocenters. The Balaban J connectivity index is 2.44. The second-order valence-electron chi connectivity index (χ2n) is 2.68. The van der Waals surface area contributed by atoms with E-state index in [4.69, 9.17) is 17.3 Å². The monoisotopic (exact) mass is 194 g/mol. The maximum atomic E-state index is 10.7. The number of nitrogens with one attached hydrogen (secondary N) is 1. The first-order valence-corrected chi connectivity index (χ1v) is 4.09. The second kappa shape index (κ2) is 2.77. The van der Waals surface area contributed by atoms with Crippen LogP contribution in [0.3, 0.4) is 0 Å². The fourth-order valence-electron chi connectivity index (χ4n) is 1.25. The lowest BCUT2D eigenvalue weighted by molar-refractivity contribution is -0.136. The van der Waals surface area contributed by atoms with Gasteiger partial charge in [0.2, 0.25) is 0 Å². The van der Waals surface area contributed by atoms with Crippen molar-refractivity contribution in [3.05, 3.63) is 24.0 Å². The number of thiocarbonyl (C=S) groups is 1. The molecule has 13 heavy (non-hydrogen) atoms. The number of carbonyl (C=O) groups is 1. The molecule has 66 valence electrons. The van der Waals surface area contributed by atoms with Crippen LogP contribution in [-0.4, -0.2) is 27.0 Å². The van der Waals surface area contributed by atoms with E-state index in [1.807, 2.05) is 0 Å². The van der Waals surface area contributed by atoms with E-state index < -0.39 is 12.0 Å². The van der Waals surface area contributed by atoms with E-state index in [0.29, 0.717) is 16.2 Å². The van der Waals surface area contributed by atoms with Crippen molar-refractivity contribution in [1.82, 2.24) is 4.98 Å². The van der Waals surface area contributed by atoms with Gasteiger partial charge in [-0.05, 0) is 12.1 Å². The average molecular weight is 194 g/mol. The topological polar surface area (TPSA) is 62.2 Å². The van der Waals surface area contributed by atoms with Crippen molar-refractivity contribution in [2.24, 2.45) is 0 Å². The zero-order valence-corrected chi connectivity index (χ0v) is 7.34. The molecule has 1 aromatic heterocycles. The van der Waals surface area contributed by atoms with Gasteiger partial charge in [-0.1, -0.05) is 12.2 Å². The van der Waals surface area contributed by atoms with Crippen LogP contribution in [0.4, 0.5) is 5.69 Å². The van der Waals surface area contributed by atoms with Crippen LogP contribution in [-0.2, 0) is 4.79 Å². The van der Waals surface area contributed by atoms with Crippen LogP contribution >= 0.6 is 12.2 Å². The number of nitrogens with zero attached hydrogens (tertiary/aromatic N) is 1. The van der Waals surface area contributed by atoms with Crippen LogP contribution < -0.4 is 5.32 Å². The molecule has 1 unspecified atom stereocenters. The third kappa shape index (κ3) is 1.17. The van der Waals surface area contributed by atoms with Crippen LogP contribution in [0, 0.1) is 0 Å². The van der Waals surface area contributed by atoms with Crippen molar-refractivity contribution in [1.29, 1.82) is 0 Å². The van der Waals surface area contributed by atoms with Gasteiger partial charge >= 0.3 is 5.97 Å². The number of hydrogen-bond donors (Lipinski definition) is 2. The van der Waals surface area contributed by atoms with Gasteiger partial charge in [0.15, 0.2) is 6.04 Å². The Bertz CT molecular complexity index is 391. The molecule has 2 N–H and O–H groups in total. The SMILES string of the molecule is O=C(O)C1Nc2cccnc2C1=S. The molecule has 0 aliphatic carbocycles. The number of carboxylic acids is 1. The summed E-state index contributed by atoms with van der Waals surface area (Å²) in [6.07, 6.45) is 1.59. The standard InChI is InChI=1S/C8H6N2O2S/c11-8(12)6-7(13)5-4(10-6)2-1-3-9-5/h1-3,6,10H,(H,11,12). The van der Waals surface area contributed by atoms with Crippen molar-refractivity contribution in [3.8, 4) is 0 Å². The number of hydrogen-bond acceptors (Lipinski definition) is 4. The van der Waals surface area contributed by atoms with Gasteiger partial charge in [0.05, 0.1) is 10.6 Å². The van der Waals surface area contributed by atoms with E-state index in [9.17, 15) is 4.79 Å². The number of aromatic nitrogens is 1. The van der Waals surface area contributed by atoms with E-state index in [0.717, 1.165) is 0 Å². The minimum Gasteiger partial charge on any atom is -0.479 e. The first kappa shape index (κ1) is 8.12. The molecule has 2 rings (SSSR count). The Hall–Kier alpha value is -1.49. The number of aliphatic carboxylic acids is 1. The minimum atomic E-state index is -0.969. The van der Waals surface area contributed by atoms with Gasteiger partial charge in [-0.15, -0.1) is 0 Å². The second-order valence-corrected chi connectivity index (χ2v) is 3.12. The molecule has 2 heterocycles. The number of pyridine rings is 1. The molecule has 0 radical (unpaired) electrons. The van der Waals surface area contributed by atoms with Crippen molar-refractivity contribution in [3.63, 3.8) is 0 Å². The molecule has 0 saturated heterocycles. The average Bonchev–Trinajstić information content (AvgIpc) is 2.45. The molecule has 4 nitrogen and oxygen atoms in total. The molecule has 5 heteroatoms. The molecule has 0 spiro atoms. The summed E-state index contributed by atoms with van der Waals surface area (Å²) >= 11 is 4.97. The van der Waals surface area contributed by atoms with E-state index >= 15 is 0 Å². The van der Waals surface area contributed by atoms with E-state index in [-0.39, 0.29) is 0 Å². The lowest BCUT2D eigenvalue weighted by Gasteiger charge is -2.03. The first-order chi connectivity index (χ1) is 6.20. The smallest absolute Gasteiger partial charge is 0.331 e. The highest BCUT2D eigenvalue weighted by molar-refractivity contribution is 7.81. The number of carboxylic acid groups (broad SMARTS) is 1. The first-order valence-electron chi connectivity index (χ1n) is 3.69. The summed E-state index contributed by atoms with van der Waals surface area (Å²) in [4.78, 5) is 15.1. The molecule has 1 aliphatic rings. The lowest BCUT2D eigenvalue weighted by atomic mass is 10.2. The van der Waals surface area contributed by atoms with Crippen molar-refractivity contribution >= 4 is 28.7 Å². The highest BCUT2D eigenvalue weighted by Gasteiger charge is 2.32. The van der Waals surface area contributed by atoms with Crippen LogP contribution in [0.2, 0.25) is 0 Å². The zero-order chi connectivity index (χ0) is 9.42. The largest absolute Gasteiger partial charge is 0.479 e. The van der Waals surface area contributed by atoms with Crippen LogP contribution in [0.1, 0.15) is 5.69 Å². The summed E-state index contributed by atoms with van der Waals surface area (Å²) in [5.41, 5.74) is 1.27. The third-order valence-electron chi connectivity index (χ3n) is 1.85. The highest BCUT2D eigenvalue weighted by Crippen LogP contribution is 2.23. The molecular formula is C8H6N2O2S. The molecule has 0 bridgehead atoms. The van der Waals surface area contributed by atoms with Gasteiger partial charge in [-0.25, -0.2) is 4.79 Å². The summed E-state index contributed by atoms with van der Waals surface area (Å²) in [5.74, 6) is -0.969. The minimum absolute atomic E-state index is 0.350. The summed E-state index contributed by atoms with van der Waals surface area (Å²) in [7, 11) is 0. The molecular weight excluding hydrogens is 188 g/mol. The van der Waals surface area contributed by atoms with Crippen molar-refractivity contribution in [2.45, 2.75) is 6.04 Å². The number of fused-ring (bicyclic) bond motifs is 1. The Morgan fingerprint density at radius 2 is 2.46 bits per heavy atom. The normalized spacial score (nSPS) is 19.4. The summed E-state index contributed by atoms with van der Waals surface area (Å²) in [5, 5.41) is 11.6. The van der Waals surface area contributed by atoms with Crippen LogP contribution in [0.25, 0.3) is 0 Å². The highest BCUT2D eigenvalue weighted by atomic mass is 32.1. The fourth-order valence-corrected chi connectivity index (χ4v) is 1.57. The number of anilines is 1. The van der Waals surface area contributed by atoms with E-state index in [2.05, 4.69) is 10.3 Å². The lowest BCUT2D eigenvalue weighted by Crippen LogP contribution is -2.31. The van der Waals surface area contributed by atoms with E-state index in [1.165, 1.54) is 0 Å². The molecule has 1 aliphatic heterocycles. The summed E-state index contributed by atoms with van der Waals surface area (Å²) in [6, 6.07) is 2.69. The van der Waals surface area contributed by atoms with Crippen molar-refractivity contribution in [2.75, 3.05) is 5.32 Å². The van der Waals surface area contributed by atoms with Gasteiger partial charge in [-0.3, -0.25) is 4.98 Å². The maximum absolute atomic E-state index is 10.7. The quantitative estimate of drug-likeness (QED) is 0.644. The summed E-state index contributed by atoms with van der Waals surface area (Å²) in [6.45, 7) is 0. The maximum Gasteiger partial charge on any atom is 0.331 e. The molecule has 0 amide bonds. The Labute approximate surface area is 79.6 Å². The van der Waals surface area contributed by atoms with Gasteiger partial charge in [-0.2, -0.15) is 0 Å². The van der Waals surface area contributed by atoms with Gasteiger partial charge in [0.1, 0.15) is 5.69 Å². The van der Waals surface area contributed by atoms with Gasteiger partial charge < -0.3 is 10.4 Å². The Kier molecular flexibility index (Phi) is 1.73. The van der Waals surface area contributed by atoms with Gasteiger partial charge in [0.25, 0.3) is 0 Å². The van der Waals surface area contributed by atoms with Gasteiger partial charge in [0, 0.05) is 6.20 Å². The predicted molar refractivity (Wildman–Crippen MR) is 51.0 cm³/mol. The molecule has 0 saturated carbocycles. The van der Waals surface area contributed by atoms with Crippen LogP contribution in [0.15, 0.2) is 18.3 Å². The Morgan fingerprint density at radius 3 is 3.08 bits per heavy atom. The van der Waals surface area contributed by atoms with E-state index in [1.54, 1.807) is 18.3 Å². The Morgan fingerprint density at radius 1 is 1.69 bits per heavy atom. The molecule has 0 aromatic carbocycles. The third-order valence-corrected chi connectivity index (χ3v) is 2.28. The summed E-state index contributed by atoms with van der Waals surface area (Å²) < 4.78 is 0. The predicted octanol–water partition coefficient (Wildman–Crippen LogP) is 0.678. The number of rotatable bonds is 1. The molecule has 0 fully saturated rings. The molecule has 1 aromatic rings.